The Labute approximate surface area is 174 Å². The molecule has 0 amide bonds. The number of anilines is 1. The predicted octanol–water partition coefficient (Wildman–Crippen LogP) is 5.25. The average molecular weight is 412 g/mol. The molecule has 1 fully saturated rings. The zero-order valence-corrected chi connectivity index (χ0v) is 16.7. The monoisotopic (exact) mass is 411 g/mol. The molecule has 0 aliphatic heterocycles. The molecular weight excluding hydrogens is 389 g/mol. The van der Waals surface area contributed by atoms with Crippen LogP contribution in [0, 0.1) is 11.7 Å². The molecule has 0 bridgehead atoms. The molecule has 6 heteroatoms. The van der Waals surface area contributed by atoms with E-state index < -0.39 is 0 Å². The zero-order chi connectivity index (χ0) is 20.2. The van der Waals surface area contributed by atoms with Gasteiger partial charge in [0.15, 0.2) is 0 Å². The van der Waals surface area contributed by atoms with Crippen molar-refractivity contribution in [1.29, 1.82) is 0 Å². The molecule has 29 heavy (non-hydrogen) atoms. The molecule has 2 N–H and O–H groups in total. The topological polar surface area (TPSA) is 58.0 Å². The van der Waals surface area contributed by atoms with Gasteiger partial charge in [0.05, 0.1) is 16.8 Å². The van der Waals surface area contributed by atoms with Crippen molar-refractivity contribution in [3.8, 4) is 11.3 Å². The van der Waals surface area contributed by atoms with Gasteiger partial charge < -0.3 is 10.4 Å². The Morgan fingerprint density at radius 3 is 2.79 bits per heavy atom. The summed E-state index contributed by atoms with van der Waals surface area (Å²) < 4.78 is 13.3. The van der Waals surface area contributed by atoms with Crippen LogP contribution >= 0.6 is 11.6 Å². The van der Waals surface area contributed by atoms with Crippen molar-refractivity contribution in [2.45, 2.75) is 38.3 Å². The Morgan fingerprint density at radius 2 is 2.00 bits per heavy atom. The van der Waals surface area contributed by atoms with E-state index in [0.29, 0.717) is 23.3 Å². The minimum absolute atomic E-state index is 0.186. The smallest absolute Gasteiger partial charge is 0.126 e. The molecule has 2 atom stereocenters. The summed E-state index contributed by atoms with van der Waals surface area (Å²) in [5, 5.41) is 13.5. The molecule has 1 aliphatic carbocycles. The Bertz CT molecular complexity index is 997. The number of aliphatic hydroxyl groups excluding tert-OH is 1. The maximum atomic E-state index is 13.3. The second-order valence-corrected chi connectivity index (χ2v) is 7.99. The van der Waals surface area contributed by atoms with E-state index in [2.05, 4.69) is 15.3 Å². The quantitative estimate of drug-likeness (QED) is 0.581. The highest BCUT2D eigenvalue weighted by molar-refractivity contribution is 6.33. The molecule has 0 saturated heterocycles. The normalized spacial score (nSPS) is 18.7. The second-order valence-electron chi connectivity index (χ2n) is 7.58. The van der Waals surface area contributed by atoms with Crippen LogP contribution in [0.1, 0.15) is 30.5 Å². The summed E-state index contributed by atoms with van der Waals surface area (Å²) >= 11 is 6.41. The lowest BCUT2D eigenvalue weighted by Gasteiger charge is -2.12. The summed E-state index contributed by atoms with van der Waals surface area (Å²) in [5.74, 6) is 0.899. The largest absolute Gasteiger partial charge is 0.393 e. The second kappa shape index (κ2) is 8.89. The number of nitrogens with zero attached hydrogens (tertiary/aromatic N) is 2. The van der Waals surface area contributed by atoms with Crippen molar-refractivity contribution in [3.05, 3.63) is 76.8 Å². The van der Waals surface area contributed by atoms with E-state index >= 15 is 0 Å². The molecule has 2 heterocycles. The average Bonchev–Trinajstić information content (AvgIpc) is 3.13. The molecule has 3 aromatic rings. The molecular formula is C23H23ClFN3O. The van der Waals surface area contributed by atoms with Gasteiger partial charge in [-0.2, -0.15) is 0 Å². The molecule has 4 nitrogen and oxygen atoms in total. The minimum Gasteiger partial charge on any atom is -0.393 e. The number of hydrogen-bond acceptors (Lipinski definition) is 4. The molecule has 2 aromatic heterocycles. The summed E-state index contributed by atoms with van der Waals surface area (Å²) in [6.07, 6.45) is 5.04. The Kier molecular flexibility index (Phi) is 6.07. The van der Waals surface area contributed by atoms with Gasteiger partial charge in [0, 0.05) is 24.0 Å². The molecule has 1 aliphatic rings. The maximum absolute atomic E-state index is 13.3. The molecule has 0 unspecified atom stereocenters. The number of aliphatic hydroxyl groups is 1. The standard InChI is InChI=1S/C23H23ClFN3O/c24-21-14-26-18(10-15-7-8-19(29)11-15)12-20(21)22-5-2-6-23(28-22)27-13-16-3-1-4-17(25)9-16/h1-6,9,12,14-15,19,29H,7-8,10-11,13H2,(H,27,28)/t15-,19-/m0/s1. The van der Waals surface area contributed by atoms with Gasteiger partial charge in [-0.1, -0.05) is 29.8 Å². The Hall–Kier alpha value is -2.50. The molecule has 150 valence electrons. The summed E-state index contributed by atoms with van der Waals surface area (Å²) in [6.45, 7) is 0.480. The van der Waals surface area contributed by atoms with Gasteiger partial charge in [-0.05, 0) is 67.5 Å². The van der Waals surface area contributed by atoms with E-state index in [1.165, 1.54) is 12.1 Å². The molecule has 0 radical (unpaired) electrons. The van der Waals surface area contributed by atoms with E-state index in [9.17, 15) is 9.50 Å². The number of rotatable bonds is 6. The van der Waals surface area contributed by atoms with Gasteiger partial charge in [0.1, 0.15) is 11.6 Å². The van der Waals surface area contributed by atoms with Crippen LogP contribution in [-0.2, 0) is 13.0 Å². The molecule has 4 rings (SSSR count). The van der Waals surface area contributed by atoms with E-state index in [1.54, 1.807) is 12.3 Å². The SMILES string of the molecule is O[C@H]1CC[C@@H](Cc2cc(-c3cccc(NCc4cccc(F)c4)n3)c(Cl)cn2)C1. The van der Waals surface area contributed by atoms with Crippen molar-refractivity contribution in [1.82, 2.24) is 9.97 Å². The van der Waals surface area contributed by atoms with E-state index in [4.69, 9.17) is 11.6 Å². The van der Waals surface area contributed by atoms with Crippen LogP contribution < -0.4 is 5.32 Å². The van der Waals surface area contributed by atoms with Crippen molar-refractivity contribution < 1.29 is 9.50 Å². The van der Waals surface area contributed by atoms with Crippen molar-refractivity contribution in [2.24, 2.45) is 5.92 Å². The van der Waals surface area contributed by atoms with Crippen LogP contribution in [0.4, 0.5) is 10.2 Å². The Balaban J connectivity index is 1.50. The first-order chi connectivity index (χ1) is 14.1. The number of halogens is 2. The first-order valence-electron chi connectivity index (χ1n) is 9.85. The van der Waals surface area contributed by atoms with Crippen LogP contribution in [-0.4, -0.2) is 21.2 Å². The maximum Gasteiger partial charge on any atom is 0.126 e. The van der Waals surface area contributed by atoms with Gasteiger partial charge >= 0.3 is 0 Å². The van der Waals surface area contributed by atoms with Gasteiger partial charge in [0.2, 0.25) is 0 Å². The lowest BCUT2D eigenvalue weighted by atomic mass is 10.00. The third-order valence-corrected chi connectivity index (χ3v) is 5.61. The van der Waals surface area contributed by atoms with Crippen LogP contribution in [0.5, 0.6) is 0 Å². The predicted molar refractivity (Wildman–Crippen MR) is 113 cm³/mol. The minimum atomic E-state index is -0.253. The number of hydrogen-bond donors (Lipinski definition) is 2. The van der Waals surface area contributed by atoms with Crippen LogP contribution in [0.2, 0.25) is 5.02 Å². The highest BCUT2D eigenvalue weighted by atomic mass is 35.5. The summed E-state index contributed by atoms with van der Waals surface area (Å²) in [6, 6.07) is 14.2. The fourth-order valence-corrected chi connectivity index (χ4v) is 4.04. The van der Waals surface area contributed by atoms with Gasteiger partial charge in [0.25, 0.3) is 0 Å². The molecule has 1 saturated carbocycles. The van der Waals surface area contributed by atoms with Crippen molar-refractivity contribution in [3.63, 3.8) is 0 Å². The summed E-state index contributed by atoms with van der Waals surface area (Å²) in [7, 11) is 0. The summed E-state index contributed by atoms with van der Waals surface area (Å²) in [5.41, 5.74) is 3.41. The highest BCUT2D eigenvalue weighted by Crippen LogP contribution is 2.31. The first-order valence-corrected chi connectivity index (χ1v) is 10.2. The number of pyridine rings is 2. The van der Waals surface area contributed by atoms with Crippen LogP contribution in [0.25, 0.3) is 11.3 Å². The summed E-state index contributed by atoms with van der Waals surface area (Å²) in [4.78, 5) is 9.14. The van der Waals surface area contributed by atoms with Gasteiger partial charge in [-0.15, -0.1) is 0 Å². The fourth-order valence-electron chi connectivity index (χ4n) is 3.84. The van der Waals surface area contributed by atoms with E-state index in [0.717, 1.165) is 48.2 Å². The van der Waals surface area contributed by atoms with Crippen LogP contribution in [0.15, 0.2) is 54.7 Å². The van der Waals surface area contributed by atoms with Crippen molar-refractivity contribution in [2.75, 3.05) is 5.32 Å². The lowest BCUT2D eigenvalue weighted by Crippen LogP contribution is -2.05. The van der Waals surface area contributed by atoms with E-state index in [-0.39, 0.29) is 11.9 Å². The molecule has 1 aromatic carbocycles. The van der Waals surface area contributed by atoms with Gasteiger partial charge in [-0.25, -0.2) is 9.37 Å². The van der Waals surface area contributed by atoms with Gasteiger partial charge in [-0.3, -0.25) is 4.98 Å². The lowest BCUT2D eigenvalue weighted by molar-refractivity contribution is 0.177. The zero-order valence-electron chi connectivity index (χ0n) is 16.0. The van der Waals surface area contributed by atoms with Crippen molar-refractivity contribution >= 4 is 17.4 Å². The highest BCUT2D eigenvalue weighted by Gasteiger charge is 2.23. The van der Waals surface area contributed by atoms with E-state index in [1.807, 2.05) is 30.3 Å². The number of aromatic nitrogens is 2. The van der Waals surface area contributed by atoms with Crippen LogP contribution in [0.3, 0.4) is 0 Å². The number of benzene rings is 1. The third-order valence-electron chi connectivity index (χ3n) is 5.31. The Morgan fingerprint density at radius 1 is 1.14 bits per heavy atom. The third kappa shape index (κ3) is 5.11. The first kappa shape index (κ1) is 19.8. The fraction of sp³-hybridized carbons (Fsp3) is 0.304. The number of nitrogens with one attached hydrogen (secondary N) is 1. The molecule has 0 spiro atoms.